The summed E-state index contributed by atoms with van der Waals surface area (Å²) in [5.74, 6) is 0.371. The average Bonchev–Trinajstić information content (AvgIpc) is 3.37. The maximum absolute atomic E-state index is 13.0. The Morgan fingerprint density at radius 1 is 0.914 bits per heavy atom. The molecule has 3 aromatic rings. The van der Waals surface area contributed by atoms with E-state index in [9.17, 15) is 4.79 Å². The minimum Gasteiger partial charge on any atom is -0.496 e. The van der Waals surface area contributed by atoms with Crippen LogP contribution in [0.25, 0.3) is 22.3 Å². The van der Waals surface area contributed by atoms with Gasteiger partial charge in [0.1, 0.15) is 5.75 Å². The Morgan fingerprint density at radius 3 is 2.09 bits per heavy atom. The van der Waals surface area contributed by atoms with Crippen molar-refractivity contribution >= 4 is 17.3 Å². The largest absolute Gasteiger partial charge is 0.496 e. The summed E-state index contributed by atoms with van der Waals surface area (Å²) >= 11 is 0. The summed E-state index contributed by atoms with van der Waals surface area (Å²) in [6, 6.07) is 19.4. The summed E-state index contributed by atoms with van der Waals surface area (Å²) in [6.45, 7) is 6.18. The van der Waals surface area contributed by atoms with E-state index in [1.165, 1.54) is 32.8 Å². The molecule has 1 saturated carbocycles. The third kappa shape index (κ3) is 5.45. The van der Waals surface area contributed by atoms with E-state index in [2.05, 4.69) is 73.0 Å². The Morgan fingerprint density at radius 2 is 1.51 bits per heavy atom. The van der Waals surface area contributed by atoms with Gasteiger partial charge in [0.25, 0.3) is 0 Å². The van der Waals surface area contributed by atoms with Gasteiger partial charge in [-0.3, -0.25) is 0 Å². The summed E-state index contributed by atoms with van der Waals surface area (Å²) in [7, 11) is 3.10. The van der Waals surface area contributed by atoms with Crippen molar-refractivity contribution in [3.8, 4) is 28.0 Å². The van der Waals surface area contributed by atoms with Crippen molar-refractivity contribution in [1.29, 1.82) is 0 Å². The lowest BCUT2D eigenvalue weighted by Gasteiger charge is -2.20. The van der Waals surface area contributed by atoms with Crippen LogP contribution >= 0.6 is 0 Å². The zero-order valence-corrected chi connectivity index (χ0v) is 21.4. The van der Waals surface area contributed by atoms with Gasteiger partial charge in [0.2, 0.25) is 0 Å². The summed E-state index contributed by atoms with van der Waals surface area (Å²) < 4.78 is 11.1. The summed E-state index contributed by atoms with van der Waals surface area (Å²) in [5.41, 5.74) is 7.20. The molecule has 0 amide bonds. The first kappa shape index (κ1) is 24.6. The third-order valence-corrected chi connectivity index (χ3v) is 6.70. The van der Waals surface area contributed by atoms with Crippen molar-refractivity contribution in [3.63, 3.8) is 0 Å². The number of carbonyl (C=O) groups excluding carboxylic acids is 1. The molecule has 5 heteroatoms. The molecule has 3 aromatic carbocycles. The molecule has 2 N–H and O–H groups in total. The minimum absolute atomic E-state index is 0.349. The Bertz CT molecular complexity index is 1160. The molecular weight excluding hydrogens is 436 g/mol. The van der Waals surface area contributed by atoms with Crippen LogP contribution < -0.4 is 15.4 Å². The zero-order chi connectivity index (χ0) is 24.9. The molecule has 184 valence electrons. The van der Waals surface area contributed by atoms with Crippen molar-refractivity contribution in [2.75, 3.05) is 24.9 Å². The molecule has 4 rings (SSSR count). The third-order valence-electron chi connectivity index (χ3n) is 6.70. The minimum atomic E-state index is -0.354. The first-order chi connectivity index (χ1) is 16.9. The lowest BCUT2D eigenvalue weighted by atomic mass is 9.88. The molecule has 0 aromatic heterocycles. The fourth-order valence-electron chi connectivity index (χ4n) is 5.02. The molecule has 0 saturated heterocycles. The SMILES string of the molecule is COC(=O)c1c(-c2ccc(NC3CCCC3)cc2)cc(OC)c(-c2ccc(NC(C)C)cc2)c1C. The topological polar surface area (TPSA) is 59.6 Å². The van der Waals surface area contributed by atoms with E-state index < -0.39 is 0 Å². The predicted octanol–water partition coefficient (Wildman–Crippen LogP) is 7.30. The highest BCUT2D eigenvalue weighted by atomic mass is 16.5. The van der Waals surface area contributed by atoms with Crippen molar-refractivity contribution in [2.24, 2.45) is 0 Å². The molecule has 1 fully saturated rings. The maximum Gasteiger partial charge on any atom is 0.338 e. The van der Waals surface area contributed by atoms with Crippen LogP contribution in [-0.2, 0) is 4.74 Å². The Kier molecular flexibility index (Phi) is 7.64. The van der Waals surface area contributed by atoms with Crippen LogP contribution in [-0.4, -0.2) is 32.3 Å². The van der Waals surface area contributed by atoms with E-state index in [4.69, 9.17) is 9.47 Å². The van der Waals surface area contributed by atoms with E-state index in [0.29, 0.717) is 17.6 Å². The van der Waals surface area contributed by atoms with Gasteiger partial charge in [0, 0.05) is 34.6 Å². The lowest BCUT2D eigenvalue weighted by molar-refractivity contribution is 0.0601. The number of esters is 1. The number of hydrogen-bond acceptors (Lipinski definition) is 5. The monoisotopic (exact) mass is 472 g/mol. The number of nitrogens with one attached hydrogen (secondary N) is 2. The molecule has 0 bridgehead atoms. The van der Waals surface area contributed by atoms with Gasteiger partial charge in [0.15, 0.2) is 0 Å². The molecule has 0 spiro atoms. The summed E-state index contributed by atoms with van der Waals surface area (Å²) in [6.07, 6.45) is 5.03. The average molecular weight is 473 g/mol. The van der Waals surface area contributed by atoms with Gasteiger partial charge in [-0.1, -0.05) is 37.1 Å². The van der Waals surface area contributed by atoms with Crippen LogP contribution in [0.2, 0.25) is 0 Å². The molecule has 0 radical (unpaired) electrons. The van der Waals surface area contributed by atoms with Gasteiger partial charge in [-0.05, 0) is 80.6 Å². The first-order valence-corrected chi connectivity index (χ1v) is 12.4. The van der Waals surface area contributed by atoms with E-state index in [0.717, 1.165) is 44.9 Å². The molecule has 1 aliphatic rings. The van der Waals surface area contributed by atoms with Crippen molar-refractivity contribution in [1.82, 2.24) is 0 Å². The zero-order valence-electron chi connectivity index (χ0n) is 21.4. The highest BCUT2D eigenvalue weighted by Gasteiger charge is 2.24. The molecule has 1 aliphatic carbocycles. The number of hydrogen-bond donors (Lipinski definition) is 2. The van der Waals surface area contributed by atoms with Gasteiger partial charge in [-0.2, -0.15) is 0 Å². The van der Waals surface area contributed by atoms with Gasteiger partial charge in [0.05, 0.1) is 19.8 Å². The fourth-order valence-corrected chi connectivity index (χ4v) is 5.02. The second-order valence-electron chi connectivity index (χ2n) is 9.57. The van der Waals surface area contributed by atoms with Crippen molar-refractivity contribution in [2.45, 2.75) is 58.5 Å². The number of anilines is 2. The number of ether oxygens (including phenoxy) is 2. The van der Waals surface area contributed by atoms with Crippen molar-refractivity contribution in [3.05, 3.63) is 65.7 Å². The van der Waals surface area contributed by atoms with Crippen molar-refractivity contribution < 1.29 is 14.3 Å². The fraction of sp³-hybridized carbons (Fsp3) is 0.367. The Hall–Kier alpha value is -3.47. The number of rotatable bonds is 8. The van der Waals surface area contributed by atoms with Crippen LogP contribution in [0.4, 0.5) is 11.4 Å². The van der Waals surface area contributed by atoms with Crippen LogP contribution in [0.15, 0.2) is 54.6 Å². The van der Waals surface area contributed by atoms with Crippen LogP contribution in [0.1, 0.15) is 55.5 Å². The van der Waals surface area contributed by atoms with E-state index in [1.807, 2.05) is 13.0 Å². The standard InChI is InChI=1S/C30H36N2O3/c1-19(2)31-24-16-12-22(13-17-24)28-20(3)29(30(33)35-5)26(18-27(28)34-4)21-10-14-25(15-11-21)32-23-8-6-7-9-23/h10-19,23,31-32H,6-9H2,1-5H3. The molecule has 0 atom stereocenters. The van der Waals surface area contributed by atoms with Gasteiger partial charge < -0.3 is 20.1 Å². The van der Waals surface area contributed by atoms with Crippen LogP contribution in [0, 0.1) is 6.92 Å². The molecule has 0 aliphatic heterocycles. The van der Waals surface area contributed by atoms with E-state index in [-0.39, 0.29) is 5.97 Å². The molecule has 0 heterocycles. The molecule has 35 heavy (non-hydrogen) atoms. The Labute approximate surface area is 208 Å². The van der Waals surface area contributed by atoms with Gasteiger partial charge >= 0.3 is 5.97 Å². The lowest BCUT2D eigenvalue weighted by Crippen LogP contribution is -2.14. The predicted molar refractivity (Wildman–Crippen MR) is 145 cm³/mol. The second kappa shape index (κ2) is 10.9. The van der Waals surface area contributed by atoms with Gasteiger partial charge in [-0.25, -0.2) is 4.79 Å². The normalized spacial score (nSPS) is 13.7. The smallest absolute Gasteiger partial charge is 0.338 e. The number of benzene rings is 3. The molecular formula is C30H36N2O3. The number of methoxy groups -OCH3 is 2. The van der Waals surface area contributed by atoms with Crippen LogP contribution in [0.3, 0.4) is 0 Å². The molecule has 0 unspecified atom stereocenters. The molecule has 5 nitrogen and oxygen atoms in total. The summed E-state index contributed by atoms with van der Waals surface area (Å²) in [5, 5.41) is 7.04. The maximum atomic E-state index is 13.0. The highest BCUT2D eigenvalue weighted by molar-refractivity contribution is 6.02. The Balaban J connectivity index is 1.75. The van der Waals surface area contributed by atoms with E-state index in [1.54, 1.807) is 7.11 Å². The number of carbonyl (C=O) groups is 1. The summed E-state index contributed by atoms with van der Waals surface area (Å²) in [4.78, 5) is 13.0. The second-order valence-corrected chi connectivity index (χ2v) is 9.57. The van der Waals surface area contributed by atoms with Gasteiger partial charge in [-0.15, -0.1) is 0 Å². The first-order valence-electron chi connectivity index (χ1n) is 12.4. The van der Waals surface area contributed by atoms with E-state index >= 15 is 0 Å². The quantitative estimate of drug-likeness (QED) is 0.337. The van der Waals surface area contributed by atoms with Crippen LogP contribution in [0.5, 0.6) is 5.75 Å². The highest BCUT2D eigenvalue weighted by Crippen LogP contribution is 2.41.